The van der Waals surface area contributed by atoms with Crippen molar-refractivity contribution in [3.05, 3.63) is 12.2 Å². The quantitative estimate of drug-likeness (QED) is 0.703. The van der Waals surface area contributed by atoms with Crippen LogP contribution in [0.2, 0.25) is 0 Å². The van der Waals surface area contributed by atoms with Gasteiger partial charge in [-0.25, -0.2) is 9.67 Å². The Morgan fingerprint density at radius 2 is 2.20 bits per heavy atom. The van der Waals surface area contributed by atoms with Gasteiger partial charge in [0, 0.05) is 5.41 Å². The van der Waals surface area contributed by atoms with Crippen molar-refractivity contribution in [3.8, 4) is 0 Å². The van der Waals surface area contributed by atoms with E-state index in [4.69, 9.17) is 4.74 Å². The van der Waals surface area contributed by atoms with Crippen molar-refractivity contribution in [1.29, 1.82) is 0 Å². The molecular formula is C10H17N3O2. The van der Waals surface area contributed by atoms with Crippen molar-refractivity contribution in [2.24, 2.45) is 0 Å². The zero-order valence-corrected chi connectivity index (χ0v) is 9.65. The Morgan fingerprint density at radius 1 is 1.53 bits per heavy atom. The van der Waals surface area contributed by atoms with Crippen LogP contribution in [-0.2, 0) is 21.5 Å². The maximum absolute atomic E-state index is 11.2. The van der Waals surface area contributed by atoms with Crippen LogP contribution in [0.25, 0.3) is 0 Å². The maximum atomic E-state index is 11.2. The molecular weight excluding hydrogens is 194 g/mol. The molecule has 1 aromatic rings. The predicted octanol–water partition coefficient (Wildman–Crippen LogP) is 1.14. The number of carbonyl (C=O) groups excluding carboxylic acids is 1. The van der Waals surface area contributed by atoms with Crippen LogP contribution in [0.5, 0.6) is 0 Å². The molecule has 15 heavy (non-hydrogen) atoms. The summed E-state index contributed by atoms with van der Waals surface area (Å²) in [5.74, 6) is 0.439. The van der Waals surface area contributed by atoms with Gasteiger partial charge in [-0.2, -0.15) is 5.10 Å². The van der Waals surface area contributed by atoms with E-state index in [0.29, 0.717) is 6.61 Å². The zero-order valence-electron chi connectivity index (χ0n) is 9.65. The van der Waals surface area contributed by atoms with E-state index >= 15 is 0 Å². The van der Waals surface area contributed by atoms with E-state index in [9.17, 15) is 4.79 Å². The molecule has 0 radical (unpaired) electrons. The summed E-state index contributed by atoms with van der Waals surface area (Å²) in [5.41, 5.74) is -0.0973. The van der Waals surface area contributed by atoms with Crippen molar-refractivity contribution in [2.75, 3.05) is 6.61 Å². The smallest absolute Gasteiger partial charge is 0.327 e. The number of rotatable bonds is 3. The van der Waals surface area contributed by atoms with Gasteiger partial charge in [0.25, 0.3) is 0 Å². The molecule has 5 nitrogen and oxygen atoms in total. The third-order valence-electron chi connectivity index (χ3n) is 1.80. The predicted molar refractivity (Wildman–Crippen MR) is 55.4 cm³/mol. The van der Waals surface area contributed by atoms with E-state index in [1.165, 1.54) is 4.68 Å². The molecule has 0 saturated heterocycles. The van der Waals surface area contributed by atoms with Crippen molar-refractivity contribution in [1.82, 2.24) is 14.8 Å². The summed E-state index contributed by atoms with van der Waals surface area (Å²) in [6, 6.07) is 0. The van der Waals surface area contributed by atoms with Gasteiger partial charge in [0.15, 0.2) is 5.82 Å². The molecule has 0 N–H and O–H groups in total. The SMILES string of the molecule is CCOC(=O)Cn1cnc(C(C)(C)C)n1. The monoisotopic (exact) mass is 211 g/mol. The van der Waals surface area contributed by atoms with Crippen LogP contribution in [0.1, 0.15) is 33.5 Å². The van der Waals surface area contributed by atoms with Crippen LogP contribution in [0.4, 0.5) is 0 Å². The van der Waals surface area contributed by atoms with E-state index in [1.54, 1.807) is 13.3 Å². The van der Waals surface area contributed by atoms with E-state index in [0.717, 1.165) is 5.82 Å². The topological polar surface area (TPSA) is 57.0 Å². The molecule has 0 fully saturated rings. The van der Waals surface area contributed by atoms with Crippen molar-refractivity contribution < 1.29 is 9.53 Å². The minimum absolute atomic E-state index is 0.0973. The van der Waals surface area contributed by atoms with Crippen molar-refractivity contribution in [2.45, 2.75) is 39.7 Å². The Bertz CT molecular complexity index is 339. The molecule has 1 aromatic heterocycles. The summed E-state index contributed by atoms with van der Waals surface area (Å²) >= 11 is 0. The van der Waals surface area contributed by atoms with Crippen LogP contribution >= 0.6 is 0 Å². The van der Waals surface area contributed by atoms with Crippen LogP contribution in [-0.4, -0.2) is 27.3 Å². The lowest BCUT2D eigenvalue weighted by atomic mass is 9.96. The Hall–Kier alpha value is -1.39. The second-order valence-corrected chi connectivity index (χ2v) is 4.32. The van der Waals surface area contributed by atoms with Gasteiger partial charge in [-0.3, -0.25) is 4.79 Å². The van der Waals surface area contributed by atoms with Gasteiger partial charge in [0.2, 0.25) is 0 Å². The first kappa shape index (κ1) is 11.7. The molecule has 1 rings (SSSR count). The standard InChI is InChI=1S/C10H17N3O2/c1-5-15-8(14)6-13-7-11-9(12-13)10(2,3)4/h7H,5-6H2,1-4H3. The Labute approximate surface area is 89.5 Å². The summed E-state index contributed by atoms with van der Waals surface area (Å²) in [7, 11) is 0. The highest BCUT2D eigenvalue weighted by molar-refractivity contribution is 5.68. The number of esters is 1. The minimum Gasteiger partial charge on any atom is -0.465 e. The Kier molecular flexibility index (Phi) is 3.44. The second kappa shape index (κ2) is 4.42. The highest BCUT2D eigenvalue weighted by Crippen LogP contribution is 2.16. The van der Waals surface area contributed by atoms with Gasteiger partial charge < -0.3 is 4.74 Å². The highest BCUT2D eigenvalue weighted by atomic mass is 16.5. The van der Waals surface area contributed by atoms with Crippen LogP contribution in [0.3, 0.4) is 0 Å². The molecule has 0 atom stereocenters. The zero-order chi connectivity index (χ0) is 11.5. The number of hydrogen-bond acceptors (Lipinski definition) is 4. The number of ether oxygens (including phenoxy) is 1. The molecule has 0 aromatic carbocycles. The average Bonchev–Trinajstić information content (AvgIpc) is 2.52. The molecule has 0 aliphatic carbocycles. The molecule has 0 unspecified atom stereocenters. The van der Waals surface area contributed by atoms with Crippen molar-refractivity contribution >= 4 is 5.97 Å². The molecule has 0 bridgehead atoms. The number of aromatic nitrogens is 3. The molecule has 1 heterocycles. The number of hydrogen-bond donors (Lipinski definition) is 0. The summed E-state index contributed by atoms with van der Waals surface area (Å²) in [6.45, 7) is 8.36. The fourth-order valence-electron chi connectivity index (χ4n) is 1.05. The second-order valence-electron chi connectivity index (χ2n) is 4.32. The molecule has 0 spiro atoms. The maximum Gasteiger partial charge on any atom is 0.327 e. The molecule has 0 amide bonds. The number of carbonyl (C=O) groups is 1. The summed E-state index contributed by atoms with van der Waals surface area (Å²) in [6.07, 6.45) is 1.55. The van der Waals surface area contributed by atoms with Gasteiger partial charge in [-0.15, -0.1) is 0 Å². The molecule has 84 valence electrons. The molecule has 0 aliphatic rings. The van der Waals surface area contributed by atoms with Crippen LogP contribution in [0.15, 0.2) is 6.33 Å². The van der Waals surface area contributed by atoms with Gasteiger partial charge in [-0.1, -0.05) is 20.8 Å². The molecule has 5 heteroatoms. The minimum atomic E-state index is -0.289. The lowest BCUT2D eigenvalue weighted by Crippen LogP contribution is -2.17. The molecule has 0 saturated carbocycles. The molecule has 0 aliphatic heterocycles. The first-order chi connectivity index (χ1) is 6.93. The van der Waals surface area contributed by atoms with Gasteiger partial charge in [0.1, 0.15) is 12.9 Å². The largest absolute Gasteiger partial charge is 0.465 e. The fourth-order valence-corrected chi connectivity index (χ4v) is 1.05. The lowest BCUT2D eigenvalue weighted by Gasteiger charge is -2.12. The van der Waals surface area contributed by atoms with Gasteiger partial charge in [0.05, 0.1) is 6.61 Å². The normalized spacial score (nSPS) is 11.5. The van der Waals surface area contributed by atoms with E-state index < -0.39 is 0 Å². The average molecular weight is 211 g/mol. The third kappa shape index (κ3) is 3.34. The van der Waals surface area contributed by atoms with Gasteiger partial charge in [-0.05, 0) is 6.92 Å². The van der Waals surface area contributed by atoms with E-state index in [2.05, 4.69) is 10.1 Å². The first-order valence-electron chi connectivity index (χ1n) is 4.99. The van der Waals surface area contributed by atoms with Crippen LogP contribution < -0.4 is 0 Å². The highest BCUT2D eigenvalue weighted by Gasteiger charge is 2.19. The number of nitrogens with zero attached hydrogens (tertiary/aromatic N) is 3. The van der Waals surface area contributed by atoms with E-state index in [-0.39, 0.29) is 17.9 Å². The summed E-state index contributed by atoms with van der Waals surface area (Å²) in [4.78, 5) is 15.3. The van der Waals surface area contributed by atoms with Crippen LogP contribution in [0, 0.1) is 0 Å². The Morgan fingerprint density at radius 3 is 2.67 bits per heavy atom. The first-order valence-corrected chi connectivity index (χ1v) is 4.99. The fraction of sp³-hybridized carbons (Fsp3) is 0.700. The van der Waals surface area contributed by atoms with Gasteiger partial charge >= 0.3 is 5.97 Å². The summed E-state index contributed by atoms with van der Waals surface area (Å²) in [5, 5.41) is 4.21. The van der Waals surface area contributed by atoms with E-state index in [1.807, 2.05) is 20.8 Å². The third-order valence-corrected chi connectivity index (χ3v) is 1.80. The van der Waals surface area contributed by atoms with Crippen molar-refractivity contribution in [3.63, 3.8) is 0 Å². The lowest BCUT2D eigenvalue weighted by molar-refractivity contribution is -0.144. The Balaban J connectivity index is 2.65. The summed E-state index contributed by atoms with van der Waals surface area (Å²) < 4.78 is 6.31.